The van der Waals surface area contributed by atoms with Gasteiger partial charge in [-0.1, -0.05) is 12.1 Å². The first-order valence-corrected chi connectivity index (χ1v) is 8.17. The van der Waals surface area contributed by atoms with Gasteiger partial charge in [0.05, 0.1) is 4.90 Å². The summed E-state index contributed by atoms with van der Waals surface area (Å²) in [5.74, 6) is -0.829. The first-order chi connectivity index (χ1) is 9.82. The van der Waals surface area contributed by atoms with Crippen molar-refractivity contribution in [3.8, 4) is 0 Å². The van der Waals surface area contributed by atoms with Gasteiger partial charge in [0.25, 0.3) is 0 Å². The molecule has 0 aromatic heterocycles. The molecule has 1 amide bonds. The number of ketones is 1. The second-order valence-electron chi connectivity index (χ2n) is 5.16. The molecule has 2 rings (SSSR count). The lowest BCUT2D eigenvalue weighted by molar-refractivity contribution is -0.122. The maximum absolute atomic E-state index is 12.5. The van der Waals surface area contributed by atoms with E-state index in [-0.39, 0.29) is 35.6 Å². The summed E-state index contributed by atoms with van der Waals surface area (Å²) in [6, 6.07) is 6.00. The van der Waals surface area contributed by atoms with E-state index < -0.39 is 10.0 Å². The second kappa shape index (κ2) is 5.95. The normalized spacial score (nSPS) is 17.6. The second-order valence-corrected chi connectivity index (χ2v) is 7.10. The number of Topliss-reactive ketones (excluding diaryl/α,β-unsaturated/α-hetero) is 1. The lowest BCUT2D eigenvalue weighted by Crippen LogP contribution is -2.41. The minimum absolute atomic E-state index is 0.104. The van der Waals surface area contributed by atoms with E-state index in [9.17, 15) is 18.0 Å². The van der Waals surface area contributed by atoms with Crippen molar-refractivity contribution >= 4 is 21.7 Å². The van der Waals surface area contributed by atoms with Crippen molar-refractivity contribution in [1.29, 1.82) is 0 Å². The molecule has 6 nitrogen and oxygen atoms in total. The predicted molar refractivity (Wildman–Crippen MR) is 77.1 cm³/mol. The molecule has 0 saturated carbocycles. The van der Waals surface area contributed by atoms with Crippen molar-refractivity contribution in [3.63, 3.8) is 0 Å². The number of hydrogen-bond donors (Lipinski definition) is 1. The van der Waals surface area contributed by atoms with E-state index in [1.54, 1.807) is 12.1 Å². The number of hydrogen-bond acceptors (Lipinski definition) is 4. The zero-order chi connectivity index (χ0) is 15.6. The Bertz CT molecular complexity index is 661. The molecule has 0 atom stereocenters. The summed E-state index contributed by atoms with van der Waals surface area (Å²) in [5, 5.41) is 0. The Kier molecular flexibility index (Phi) is 4.43. The minimum Gasteiger partial charge on any atom is -0.369 e. The number of benzene rings is 1. The number of rotatable bonds is 4. The summed E-state index contributed by atoms with van der Waals surface area (Å²) < 4.78 is 26.4. The third-order valence-electron chi connectivity index (χ3n) is 3.73. The fourth-order valence-electron chi connectivity index (χ4n) is 2.41. The summed E-state index contributed by atoms with van der Waals surface area (Å²) in [7, 11) is -3.64. The van der Waals surface area contributed by atoms with Gasteiger partial charge < -0.3 is 5.73 Å². The van der Waals surface area contributed by atoms with Crippen molar-refractivity contribution in [2.75, 3.05) is 13.1 Å². The lowest BCUT2D eigenvalue weighted by atomic mass is 9.98. The van der Waals surface area contributed by atoms with E-state index in [0.29, 0.717) is 18.4 Å². The number of amides is 1. The minimum atomic E-state index is -3.64. The highest BCUT2D eigenvalue weighted by molar-refractivity contribution is 7.89. The van der Waals surface area contributed by atoms with Gasteiger partial charge in [-0.15, -0.1) is 0 Å². The van der Waals surface area contributed by atoms with Gasteiger partial charge in [-0.05, 0) is 31.9 Å². The number of carbonyl (C=O) groups is 2. The van der Waals surface area contributed by atoms with Crippen LogP contribution in [0.15, 0.2) is 29.2 Å². The van der Waals surface area contributed by atoms with E-state index in [1.165, 1.54) is 23.4 Å². The van der Waals surface area contributed by atoms with Gasteiger partial charge in [-0.3, -0.25) is 9.59 Å². The summed E-state index contributed by atoms with van der Waals surface area (Å²) >= 11 is 0. The van der Waals surface area contributed by atoms with Crippen LogP contribution in [0.1, 0.15) is 30.1 Å². The molecule has 0 unspecified atom stereocenters. The van der Waals surface area contributed by atoms with Gasteiger partial charge in [0.15, 0.2) is 5.78 Å². The smallest absolute Gasteiger partial charge is 0.243 e. The van der Waals surface area contributed by atoms with Crippen LogP contribution in [-0.4, -0.2) is 37.5 Å². The van der Waals surface area contributed by atoms with Crippen molar-refractivity contribution in [2.24, 2.45) is 11.7 Å². The molecule has 0 radical (unpaired) electrons. The Morgan fingerprint density at radius 1 is 1.24 bits per heavy atom. The topological polar surface area (TPSA) is 97.5 Å². The van der Waals surface area contributed by atoms with Crippen molar-refractivity contribution in [3.05, 3.63) is 29.8 Å². The molecular weight excluding hydrogens is 292 g/mol. The van der Waals surface area contributed by atoms with Crippen LogP contribution in [0.3, 0.4) is 0 Å². The van der Waals surface area contributed by atoms with Crippen LogP contribution in [0.5, 0.6) is 0 Å². The van der Waals surface area contributed by atoms with Crippen LogP contribution in [0.2, 0.25) is 0 Å². The predicted octanol–water partition coefficient (Wildman–Crippen LogP) is 0.775. The Morgan fingerprint density at radius 3 is 2.38 bits per heavy atom. The molecule has 1 aromatic rings. The van der Waals surface area contributed by atoms with Crippen LogP contribution in [0, 0.1) is 5.92 Å². The molecule has 1 aromatic carbocycles. The largest absolute Gasteiger partial charge is 0.369 e. The lowest BCUT2D eigenvalue weighted by Gasteiger charge is -2.29. The Morgan fingerprint density at radius 2 is 1.86 bits per heavy atom. The average molecular weight is 310 g/mol. The molecule has 114 valence electrons. The zero-order valence-corrected chi connectivity index (χ0v) is 12.6. The van der Waals surface area contributed by atoms with E-state index >= 15 is 0 Å². The van der Waals surface area contributed by atoms with E-state index in [1.807, 2.05) is 0 Å². The molecule has 0 aliphatic carbocycles. The third kappa shape index (κ3) is 3.30. The molecule has 7 heteroatoms. The number of nitrogens with zero attached hydrogens (tertiary/aromatic N) is 1. The Hall–Kier alpha value is -1.73. The summed E-state index contributed by atoms with van der Waals surface area (Å²) in [5.41, 5.74) is 5.61. The van der Waals surface area contributed by atoms with E-state index in [0.717, 1.165) is 0 Å². The standard InChI is InChI=1S/C14H18N2O4S/c1-10(17)12-3-2-4-13(9-12)21(19,20)16-7-5-11(6-8-16)14(15)18/h2-4,9,11H,5-8H2,1H3,(H2,15,18). The molecule has 2 N–H and O–H groups in total. The number of carbonyl (C=O) groups excluding carboxylic acids is 2. The number of nitrogens with two attached hydrogens (primary N) is 1. The summed E-state index contributed by atoms with van der Waals surface area (Å²) in [6.07, 6.45) is 0.863. The van der Waals surface area contributed by atoms with E-state index in [4.69, 9.17) is 5.73 Å². The number of primary amides is 1. The number of sulfonamides is 1. The van der Waals surface area contributed by atoms with Gasteiger partial charge in [0, 0.05) is 24.6 Å². The first-order valence-electron chi connectivity index (χ1n) is 6.73. The fourth-order valence-corrected chi connectivity index (χ4v) is 3.92. The van der Waals surface area contributed by atoms with Crippen molar-refractivity contribution in [1.82, 2.24) is 4.31 Å². The Labute approximate surface area is 124 Å². The fraction of sp³-hybridized carbons (Fsp3) is 0.429. The van der Waals surface area contributed by atoms with Gasteiger partial charge in [-0.25, -0.2) is 8.42 Å². The Balaban J connectivity index is 2.21. The molecular formula is C14H18N2O4S. The molecule has 21 heavy (non-hydrogen) atoms. The monoisotopic (exact) mass is 310 g/mol. The molecule has 1 fully saturated rings. The molecule has 0 bridgehead atoms. The van der Waals surface area contributed by atoms with Crippen molar-refractivity contribution in [2.45, 2.75) is 24.7 Å². The van der Waals surface area contributed by atoms with Crippen molar-refractivity contribution < 1.29 is 18.0 Å². The third-order valence-corrected chi connectivity index (χ3v) is 5.63. The van der Waals surface area contributed by atoms with Crippen LogP contribution in [0.4, 0.5) is 0 Å². The zero-order valence-electron chi connectivity index (χ0n) is 11.8. The quantitative estimate of drug-likeness (QED) is 0.831. The first kappa shape index (κ1) is 15.7. The average Bonchev–Trinajstić information content (AvgIpc) is 2.47. The van der Waals surface area contributed by atoms with E-state index in [2.05, 4.69) is 0 Å². The molecule has 1 heterocycles. The molecule has 1 aliphatic heterocycles. The molecule has 1 aliphatic rings. The van der Waals surface area contributed by atoms with Gasteiger partial charge in [0.2, 0.25) is 15.9 Å². The highest BCUT2D eigenvalue weighted by atomic mass is 32.2. The van der Waals surface area contributed by atoms with Crippen LogP contribution >= 0.6 is 0 Å². The van der Waals surface area contributed by atoms with Crippen LogP contribution < -0.4 is 5.73 Å². The molecule has 0 spiro atoms. The van der Waals surface area contributed by atoms with Crippen LogP contribution in [-0.2, 0) is 14.8 Å². The maximum atomic E-state index is 12.5. The number of piperidine rings is 1. The van der Waals surface area contributed by atoms with Crippen LogP contribution in [0.25, 0.3) is 0 Å². The van der Waals surface area contributed by atoms with Gasteiger partial charge in [-0.2, -0.15) is 4.31 Å². The maximum Gasteiger partial charge on any atom is 0.243 e. The SMILES string of the molecule is CC(=O)c1cccc(S(=O)(=O)N2CCC(C(N)=O)CC2)c1. The summed E-state index contributed by atoms with van der Waals surface area (Å²) in [4.78, 5) is 22.6. The van der Waals surface area contributed by atoms with Gasteiger partial charge >= 0.3 is 0 Å². The highest BCUT2D eigenvalue weighted by Gasteiger charge is 2.31. The van der Waals surface area contributed by atoms with Gasteiger partial charge in [0.1, 0.15) is 0 Å². The molecule has 1 saturated heterocycles. The summed E-state index contributed by atoms with van der Waals surface area (Å²) in [6.45, 7) is 1.92. The highest BCUT2D eigenvalue weighted by Crippen LogP contribution is 2.24.